The molecule has 1 N–H and O–H groups in total. The number of nitrogens with one attached hydrogen (secondary N) is 1. The van der Waals surface area contributed by atoms with Crippen LogP contribution in [0.25, 0.3) is 0 Å². The Kier molecular flexibility index (Phi) is 4.88. The lowest BCUT2D eigenvalue weighted by atomic mass is 9.96. The summed E-state index contributed by atoms with van der Waals surface area (Å²) in [7, 11) is 0. The highest BCUT2D eigenvalue weighted by molar-refractivity contribution is 5.75. The Labute approximate surface area is 91.7 Å². The van der Waals surface area contributed by atoms with Crippen LogP contribution in [0.4, 0.5) is 0 Å². The molecular formula is C13H19NO. The van der Waals surface area contributed by atoms with Crippen LogP contribution in [0.1, 0.15) is 38.2 Å². The van der Waals surface area contributed by atoms with Crippen molar-refractivity contribution in [3.63, 3.8) is 0 Å². The molecule has 82 valence electrons. The highest BCUT2D eigenvalue weighted by Gasteiger charge is 2.09. The summed E-state index contributed by atoms with van der Waals surface area (Å²) in [5.74, 6) is 0.561. The van der Waals surface area contributed by atoms with E-state index in [9.17, 15) is 4.79 Å². The van der Waals surface area contributed by atoms with E-state index in [0.717, 1.165) is 13.0 Å². The molecule has 0 bridgehead atoms. The molecule has 0 aromatic heterocycles. The molecule has 15 heavy (non-hydrogen) atoms. The van der Waals surface area contributed by atoms with E-state index in [1.54, 1.807) is 0 Å². The van der Waals surface area contributed by atoms with Crippen LogP contribution in [0.5, 0.6) is 0 Å². The molecule has 2 heteroatoms. The lowest BCUT2D eigenvalue weighted by Crippen LogP contribution is -2.27. The first kappa shape index (κ1) is 11.8. The number of amides is 1. The monoisotopic (exact) mass is 205 g/mol. The molecule has 0 aliphatic heterocycles. The van der Waals surface area contributed by atoms with E-state index in [1.165, 1.54) is 5.56 Å². The van der Waals surface area contributed by atoms with Crippen LogP contribution in [0, 0.1) is 0 Å². The predicted molar refractivity (Wildman–Crippen MR) is 62.8 cm³/mol. The molecule has 1 aromatic rings. The highest BCUT2D eigenvalue weighted by Crippen LogP contribution is 2.17. The molecule has 1 unspecified atom stereocenters. The van der Waals surface area contributed by atoms with Gasteiger partial charge in [0.25, 0.3) is 0 Å². The van der Waals surface area contributed by atoms with E-state index < -0.39 is 0 Å². The summed E-state index contributed by atoms with van der Waals surface area (Å²) in [6.07, 6.45) is 1.61. The first-order chi connectivity index (χ1) is 7.27. The van der Waals surface area contributed by atoms with E-state index in [0.29, 0.717) is 12.3 Å². The Bertz CT molecular complexity index is 295. The molecule has 0 aliphatic rings. The number of benzene rings is 1. The molecule has 0 fully saturated rings. The Morgan fingerprint density at radius 2 is 1.93 bits per heavy atom. The van der Waals surface area contributed by atoms with Crippen molar-refractivity contribution in [1.29, 1.82) is 0 Å². The minimum atomic E-state index is 0.129. The Balaban J connectivity index is 2.53. The summed E-state index contributed by atoms with van der Waals surface area (Å²) < 4.78 is 0. The molecule has 1 rings (SSSR count). The van der Waals surface area contributed by atoms with Gasteiger partial charge in [0.1, 0.15) is 0 Å². The van der Waals surface area contributed by atoms with Gasteiger partial charge >= 0.3 is 0 Å². The SMILES string of the molecule is CCC(=O)NCC(CC)c1ccccc1. The van der Waals surface area contributed by atoms with Gasteiger partial charge < -0.3 is 5.32 Å². The van der Waals surface area contributed by atoms with Crippen LogP contribution in [-0.4, -0.2) is 12.5 Å². The maximum Gasteiger partial charge on any atom is 0.219 e. The van der Waals surface area contributed by atoms with Crippen LogP contribution >= 0.6 is 0 Å². The Morgan fingerprint density at radius 1 is 1.27 bits per heavy atom. The van der Waals surface area contributed by atoms with E-state index in [1.807, 2.05) is 25.1 Å². The summed E-state index contributed by atoms with van der Waals surface area (Å²) in [5.41, 5.74) is 1.30. The normalized spacial score (nSPS) is 12.1. The molecular weight excluding hydrogens is 186 g/mol. The van der Waals surface area contributed by atoms with Gasteiger partial charge in [0.05, 0.1) is 0 Å². The first-order valence-corrected chi connectivity index (χ1v) is 5.59. The van der Waals surface area contributed by atoms with Crippen LogP contribution < -0.4 is 5.32 Å². The number of carbonyl (C=O) groups is 1. The third-order valence-electron chi connectivity index (χ3n) is 2.63. The van der Waals surface area contributed by atoms with Crippen LogP contribution in [-0.2, 0) is 4.79 Å². The lowest BCUT2D eigenvalue weighted by Gasteiger charge is -2.15. The summed E-state index contributed by atoms with van der Waals surface area (Å²) in [6, 6.07) is 10.3. The topological polar surface area (TPSA) is 29.1 Å². The van der Waals surface area contributed by atoms with Crippen molar-refractivity contribution in [3.05, 3.63) is 35.9 Å². The van der Waals surface area contributed by atoms with Crippen LogP contribution in [0.3, 0.4) is 0 Å². The molecule has 1 atom stereocenters. The number of carbonyl (C=O) groups excluding carboxylic acids is 1. The average Bonchev–Trinajstić information content (AvgIpc) is 2.31. The van der Waals surface area contributed by atoms with Gasteiger partial charge in [0, 0.05) is 18.9 Å². The maximum absolute atomic E-state index is 11.2. The van der Waals surface area contributed by atoms with Crippen molar-refractivity contribution >= 4 is 5.91 Å². The van der Waals surface area contributed by atoms with Gasteiger partial charge in [-0.2, -0.15) is 0 Å². The van der Waals surface area contributed by atoms with Gasteiger partial charge in [-0.3, -0.25) is 4.79 Å². The Morgan fingerprint density at radius 3 is 2.47 bits per heavy atom. The van der Waals surface area contributed by atoms with E-state index in [2.05, 4.69) is 24.4 Å². The fourth-order valence-corrected chi connectivity index (χ4v) is 1.59. The standard InChI is InChI=1S/C13H19NO/c1-3-11(10-14-13(15)4-2)12-8-6-5-7-9-12/h5-9,11H,3-4,10H2,1-2H3,(H,14,15). The molecule has 0 aliphatic carbocycles. The van der Waals surface area contributed by atoms with Gasteiger partial charge in [-0.05, 0) is 12.0 Å². The largest absolute Gasteiger partial charge is 0.356 e. The number of hydrogen-bond acceptors (Lipinski definition) is 1. The van der Waals surface area contributed by atoms with Crippen molar-refractivity contribution in [2.75, 3.05) is 6.54 Å². The van der Waals surface area contributed by atoms with Gasteiger partial charge in [0.2, 0.25) is 5.91 Å². The fraction of sp³-hybridized carbons (Fsp3) is 0.462. The van der Waals surface area contributed by atoms with Crippen molar-refractivity contribution in [3.8, 4) is 0 Å². The van der Waals surface area contributed by atoms with Gasteiger partial charge in [0.15, 0.2) is 0 Å². The third kappa shape index (κ3) is 3.74. The zero-order valence-electron chi connectivity index (χ0n) is 9.49. The zero-order valence-corrected chi connectivity index (χ0v) is 9.49. The molecule has 0 saturated carbocycles. The molecule has 1 amide bonds. The van der Waals surface area contributed by atoms with Gasteiger partial charge in [-0.1, -0.05) is 44.2 Å². The molecule has 0 radical (unpaired) electrons. The first-order valence-electron chi connectivity index (χ1n) is 5.59. The summed E-state index contributed by atoms with van der Waals surface area (Å²) in [4.78, 5) is 11.2. The minimum Gasteiger partial charge on any atom is -0.356 e. The van der Waals surface area contributed by atoms with Crippen molar-refractivity contribution in [2.45, 2.75) is 32.6 Å². The van der Waals surface area contributed by atoms with E-state index in [4.69, 9.17) is 0 Å². The highest BCUT2D eigenvalue weighted by atomic mass is 16.1. The second kappa shape index (κ2) is 6.23. The van der Waals surface area contributed by atoms with Crippen LogP contribution in [0.15, 0.2) is 30.3 Å². The smallest absolute Gasteiger partial charge is 0.219 e. The zero-order chi connectivity index (χ0) is 11.1. The Hall–Kier alpha value is -1.31. The van der Waals surface area contributed by atoms with Gasteiger partial charge in [-0.25, -0.2) is 0 Å². The predicted octanol–water partition coefficient (Wildman–Crippen LogP) is 2.71. The molecule has 1 aromatic carbocycles. The molecule has 0 saturated heterocycles. The van der Waals surface area contributed by atoms with Crippen molar-refractivity contribution < 1.29 is 4.79 Å². The van der Waals surface area contributed by atoms with E-state index in [-0.39, 0.29) is 5.91 Å². The number of hydrogen-bond donors (Lipinski definition) is 1. The maximum atomic E-state index is 11.2. The molecule has 2 nitrogen and oxygen atoms in total. The second-order valence-corrected chi connectivity index (χ2v) is 3.67. The average molecular weight is 205 g/mol. The van der Waals surface area contributed by atoms with Crippen LogP contribution in [0.2, 0.25) is 0 Å². The molecule has 0 heterocycles. The third-order valence-corrected chi connectivity index (χ3v) is 2.63. The quantitative estimate of drug-likeness (QED) is 0.786. The number of rotatable bonds is 5. The fourth-order valence-electron chi connectivity index (χ4n) is 1.59. The summed E-state index contributed by atoms with van der Waals surface area (Å²) in [6.45, 7) is 4.77. The van der Waals surface area contributed by atoms with E-state index >= 15 is 0 Å². The van der Waals surface area contributed by atoms with Gasteiger partial charge in [-0.15, -0.1) is 0 Å². The minimum absolute atomic E-state index is 0.129. The van der Waals surface area contributed by atoms with Crippen molar-refractivity contribution in [1.82, 2.24) is 5.32 Å². The van der Waals surface area contributed by atoms with Crippen molar-refractivity contribution in [2.24, 2.45) is 0 Å². The summed E-state index contributed by atoms with van der Waals surface area (Å²) in [5, 5.41) is 2.94. The summed E-state index contributed by atoms with van der Waals surface area (Å²) >= 11 is 0. The lowest BCUT2D eigenvalue weighted by molar-refractivity contribution is -0.120. The second-order valence-electron chi connectivity index (χ2n) is 3.67. The molecule has 0 spiro atoms.